The summed E-state index contributed by atoms with van der Waals surface area (Å²) in [4.78, 5) is 11.6. The molecule has 4 nitrogen and oxygen atoms in total. The van der Waals surface area contributed by atoms with E-state index in [1.807, 2.05) is 33.8 Å². The van der Waals surface area contributed by atoms with Gasteiger partial charge in [-0.05, 0) is 12.8 Å². The Morgan fingerprint density at radius 3 is 2.57 bits per heavy atom. The third-order valence-electron chi connectivity index (χ3n) is 2.37. The molecule has 0 aliphatic carbocycles. The van der Waals surface area contributed by atoms with Crippen molar-refractivity contribution in [1.29, 1.82) is 0 Å². The second-order valence-electron chi connectivity index (χ2n) is 3.96. The van der Waals surface area contributed by atoms with E-state index in [1.165, 1.54) is 0 Å². The van der Waals surface area contributed by atoms with Crippen LogP contribution in [0.3, 0.4) is 0 Å². The van der Waals surface area contributed by atoms with E-state index in [-0.39, 0.29) is 11.8 Å². The number of hydrogen-bond donors (Lipinski definition) is 2. The second-order valence-corrected chi connectivity index (χ2v) is 3.96. The molecule has 14 heavy (non-hydrogen) atoms. The van der Waals surface area contributed by atoms with Crippen LogP contribution in [0.15, 0.2) is 6.07 Å². The molecule has 0 saturated carbocycles. The lowest BCUT2D eigenvalue weighted by molar-refractivity contribution is -0.120. The van der Waals surface area contributed by atoms with Gasteiger partial charge in [-0.2, -0.15) is 5.10 Å². The minimum absolute atomic E-state index is 0.00649. The number of rotatable bonds is 3. The molecular weight excluding hydrogens is 178 g/mol. The van der Waals surface area contributed by atoms with Crippen LogP contribution in [-0.4, -0.2) is 16.1 Å². The second kappa shape index (κ2) is 4.26. The molecule has 0 fully saturated rings. The van der Waals surface area contributed by atoms with Crippen molar-refractivity contribution in [2.75, 3.05) is 5.32 Å². The van der Waals surface area contributed by atoms with E-state index < -0.39 is 0 Å². The number of aromatic amines is 1. The summed E-state index contributed by atoms with van der Waals surface area (Å²) in [5.74, 6) is 0.966. The maximum atomic E-state index is 11.6. The molecule has 1 aromatic heterocycles. The molecule has 1 aromatic rings. The van der Waals surface area contributed by atoms with Gasteiger partial charge in [0.25, 0.3) is 0 Å². The van der Waals surface area contributed by atoms with Crippen LogP contribution in [0.4, 0.5) is 5.82 Å². The Bertz CT molecular complexity index is 317. The van der Waals surface area contributed by atoms with Crippen LogP contribution < -0.4 is 5.32 Å². The molecule has 0 saturated heterocycles. The molecule has 1 atom stereocenters. The molecule has 0 aliphatic rings. The molecule has 0 aliphatic heterocycles. The van der Waals surface area contributed by atoms with Crippen LogP contribution in [-0.2, 0) is 4.79 Å². The van der Waals surface area contributed by atoms with Gasteiger partial charge in [-0.25, -0.2) is 0 Å². The lowest BCUT2D eigenvalue weighted by Crippen LogP contribution is -2.24. The van der Waals surface area contributed by atoms with E-state index in [1.54, 1.807) is 0 Å². The molecule has 0 aromatic carbocycles. The summed E-state index contributed by atoms with van der Waals surface area (Å²) in [6.45, 7) is 7.87. The zero-order chi connectivity index (χ0) is 10.7. The van der Waals surface area contributed by atoms with E-state index in [0.29, 0.717) is 11.7 Å². The van der Waals surface area contributed by atoms with E-state index >= 15 is 0 Å². The van der Waals surface area contributed by atoms with Crippen LogP contribution >= 0.6 is 0 Å². The lowest BCUT2D eigenvalue weighted by Gasteiger charge is -2.13. The Hall–Kier alpha value is -1.32. The average molecular weight is 195 g/mol. The van der Waals surface area contributed by atoms with Gasteiger partial charge in [0.1, 0.15) is 0 Å². The molecule has 1 unspecified atom stereocenters. The van der Waals surface area contributed by atoms with Crippen molar-refractivity contribution in [3.8, 4) is 0 Å². The van der Waals surface area contributed by atoms with Gasteiger partial charge in [-0.1, -0.05) is 20.8 Å². The molecule has 1 heterocycles. The van der Waals surface area contributed by atoms with Crippen molar-refractivity contribution in [3.63, 3.8) is 0 Å². The zero-order valence-corrected chi connectivity index (χ0v) is 9.09. The smallest absolute Gasteiger partial charge is 0.228 e. The van der Waals surface area contributed by atoms with Crippen LogP contribution in [0.2, 0.25) is 0 Å². The maximum Gasteiger partial charge on any atom is 0.228 e. The highest BCUT2D eigenvalue weighted by atomic mass is 16.1. The number of amides is 1. The minimum atomic E-state index is 0.00649. The first-order valence-electron chi connectivity index (χ1n) is 4.83. The Morgan fingerprint density at radius 1 is 1.50 bits per heavy atom. The van der Waals surface area contributed by atoms with E-state index in [0.717, 1.165) is 5.69 Å². The molecule has 4 heteroatoms. The zero-order valence-electron chi connectivity index (χ0n) is 9.09. The standard InChI is InChI=1S/C10H17N3O/c1-6(2)8(4)10(14)11-9-5-7(3)12-13-9/h5-6,8H,1-4H3,(H2,11,12,13,14). The average Bonchev–Trinajstić information content (AvgIpc) is 2.49. The van der Waals surface area contributed by atoms with Gasteiger partial charge in [-0.15, -0.1) is 0 Å². The normalized spacial score (nSPS) is 12.9. The highest BCUT2D eigenvalue weighted by molar-refractivity contribution is 5.91. The Kier molecular flexibility index (Phi) is 3.28. The van der Waals surface area contributed by atoms with Gasteiger partial charge in [0.05, 0.1) is 0 Å². The Labute approximate surface area is 84.1 Å². The highest BCUT2D eigenvalue weighted by Crippen LogP contribution is 2.12. The summed E-state index contributed by atoms with van der Waals surface area (Å²) in [6.07, 6.45) is 0. The first kappa shape index (κ1) is 10.8. The van der Waals surface area contributed by atoms with Crippen LogP contribution in [0.25, 0.3) is 0 Å². The van der Waals surface area contributed by atoms with Crippen molar-refractivity contribution >= 4 is 11.7 Å². The fourth-order valence-electron chi connectivity index (χ4n) is 1.02. The molecular formula is C10H17N3O. The van der Waals surface area contributed by atoms with Crippen LogP contribution in [0.5, 0.6) is 0 Å². The van der Waals surface area contributed by atoms with Crippen LogP contribution in [0, 0.1) is 18.8 Å². The topological polar surface area (TPSA) is 57.8 Å². The Balaban J connectivity index is 2.57. The third-order valence-corrected chi connectivity index (χ3v) is 2.37. The summed E-state index contributed by atoms with van der Waals surface area (Å²) in [5, 5.41) is 9.48. The fraction of sp³-hybridized carbons (Fsp3) is 0.600. The molecule has 0 spiro atoms. The summed E-state index contributed by atoms with van der Waals surface area (Å²) < 4.78 is 0. The molecule has 2 N–H and O–H groups in total. The van der Waals surface area contributed by atoms with E-state index in [9.17, 15) is 4.79 Å². The van der Waals surface area contributed by atoms with Gasteiger partial charge in [0.2, 0.25) is 5.91 Å². The summed E-state index contributed by atoms with van der Waals surface area (Å²) in [7, 11) is 0. The first-order valence-corrected chi connectivity index (χ1v) is 4.83. The molecule has 0 radical (unpaired) electrons. The summed E-state index contributed by atoms with van der Waals surface area (Å²) in [5.41, 5.74) is 0.942. The SMILES string of the molecule is Cc1cc(NC(=O)C(C)C(C)C)n[nH]1. The number of anilines is 1. The largest absolute Gasteiger partial charge is 0.309 e. The molecule has 0 bridgehead atoms. The number of hydrogen-bond acceptors (Lipinski definition) is 2. The molecule has 1 amide bonds. The number of carbonyl (C=O) groups excluding carboxylic acids is 1. The van der Waals surface area contributed by atoms with E-state index in [4.69, 9.17) is 0 Å². The van der Waals surface area contributed by atoms with Gasteiger partial charge < -0.3 is 5.32 Å². The number of nitrogens with zero attached hydrogens (tertiary/aromatic N) is 1. The number of H-pyrrole nitrogens is 1. The molecule has 78 valence electrons. The number of nitrogens with one attached hydrogen (secondary N) is 2. The van der Waals surface area contributed by atoms with Gasteiger partial charge in [0.15, 0.2) is 5.82 Å². The highest BCUT2D eigenvalue weighted by Gasteiger charge is 2.17. The van der Waals surface area contributed by atoms with Gasteiger partial charge >= 0.3 is 0 Å². The fourth-order valence-corrected chi connectivity index (χ4v) is 1.02. The summed E-state index contributed by atoms with van der Waals surface area (Å²) >= 11 is 0. The van der Waals surface area contributed by atoms with Crippen LogP contribution in [0.1, 0.15) is 26.5 Å². The monoisotopic (exact) mass is 195 g/mol. The van der Waals surface area contributed by atoms with Crippen molar-refractivity contribution in [2.24, 2.45) is 11.8 Å². The van der Waals surface area contributed by atoms with Crippen molar-refractivity contribution in [3.05, 3.63) is 11.8 Å². The maximum absolute atomic E-state index is 11.6. The predicted octanol–water partition coefficient (Wildman–Crippen LogP) is 1.95. The minimum Gasteiger partial charge on any atom is -0.309 e. The third kappa shape index (κ3) is 2.58. The predicted molar refractivity (Wildman–Crippen MR) is 56.0 cm³/mol. The first-order chi connectivity index (χ1) is 6.50. The van der Waals surface area contributed by atoms with Gasteiger partial charge in [-0.3, -0.25) is 9.89 Å². The quantitative estimate of drug-likeness (QED) is 0.774. The lowest BCUT2D eigenvalue weighted by atomic mass is 9.97. The summed E-state index contributed by atoms with van der Waals surface area (Å²) in [6, 6.07) is 1.81. The number of aryl methyl sites for hydroxylation is 1. The number of aromatic nitrogens is 2. The Morgan fingerprint density at radius 2 is 2.14 bits per heavy atom. The van der Waals surface area contributed by atoms with E-state index in [2.05, 4.69) is 15.5 Å². The van der Waals surface area contributed by atoms with Gasteiger partial charge in [0, 0.05) is 17.7 Å². The van der Waals surface area contributed by atoms with Crippen molar-refractivity contribution in [2.45, 2.75) is 27.7 Å². The molecule has 1 rings (SSSR count). The van der Waals surface area contributed by atoms with Crippen molar-refractivity contribution < 1.29 is 4.79 Å². The van der Waals surface area contributed by atoms with Crippen molar-refractivity contribution in [1.82, 2.24) is 10.2 Å². The number of carbonyl (C=O) groups is 1.